The first-order chi connectivity index (χ1) is 55.4. The van der Waals surface area contributed by atoms with E-state index in [1.54, 1.807) is 36.5 Å². The van der Waals surface area contributed by atoms with Crippen LogP contribution in [0.25, 0.3) is 0 Å². The zero-order valence-corrected chi connectivity index (χ0v) is 64.7. The average molecular weight is 1550 g/mol. The van der Waals surface area contributed by atoms with Crippen LogP contribution in [0.4, 0.5) is 11.6 Å². The van der Waals surface area contributed by atoms with Gasteiger partial charge in [0.15, 0.2) is 0 Å². The highest BCUT2D eigenvalue weighted by Crippen LogP contribution is 2.41. The number of carbonyl (C=O) groups excluding carboxylic acids is 1. The Morgan fingerprint density at radius 3 is 0.688 bits per heavy atom. The molecule has 0 bridgehead atoms. The van der Waals surface area contributed by atoms with Gasteiger partial charge in [-0.25, -0.2) is 9.59 Å². The Morgan fingerprint density at radius 2 is 0.491 bits per heavy atom. The molecule has 0 radical (unpaired) electrons. The molecular weight excluding hydrogens is 1440 g/mol. The van der Waals surface area contributed by atoms with Gasteiger partial charge in [-0.1, -0.05) is 182 Å². The maximum atomic E-state index is 14.2. The first-order valence-corrected chi connectivity index (χ1v) is 38.5. The zero-order chi connectivity index (χ0) is 78.1. The van der Waals surface area contributed by atoms with E-state index in [1.807, 2.05) is 109 Å². The van der Waals surface area contributed by atoms with Crippen LogP contribution >= 0.6 is 0 Å². The van der Waals surface area contributed by atoms with Crippen molar-refractivity contribution in [2.45, 2.75) is 24.2 Å². The smallest absolute Gasteiger partial charge is 0.349 e. The lowest BCUT2D eigenvalue weighted by Gasteiger charge is -2.37. The van der Waals surface area contributed by atoms with Gasteiger partial charge in [0.1, 0.15) is 29.3 Å². The Hall–Kier alpha value is -8.53. The van der Waals surface area contributed by atoms with Gasteiger partial charge in [0.2, 0.25) is 5.91 Å². The number of nitrogens with zero attached hydrogens (tertiary/aromatic N) is 5. The summed E-state index contributed by atoms with van der Waals surface area (Å²) in [5, 5.41) is 7.34. The van der Waals surface area contributed by atoms with E-state index in [1.165, 1.54) is 9.13 Å². The summed E-state index contributed by atoms with van der Waals surface area (Å²) >= 11 is 0. The Balaban J connectivity index is 0.658. The zero-order valence-electron chi connectivity index (χ0n) is 64.7. The quantitative estimate of drug-likeness (QED) is 0.0269. The molecule has 0 unspecified atom stereocenters. The van der Waals surface area contributed by atoms with Gasteiger partial charge in [-0.3, -0.25) is 13.9 Å². The number of hydrogen-bond acceptors (Lipinski definition) is 24. The molecule has 2 aromatic heterocycles. The highest BCUT2D eigenvalue weighted by molar-refractivity contribution is 5.77. The summed E-state index contributed by atoms with van der Waals surface area (Å²) in [4.78, 5) is 53.0. The summed E-state index contributed by atoms with van der Waals surface area (Å²) < 4.78 is 97.0. The van der Waals surface area contributed by atoms with Crippen molar-refractivity contribution in [2.75, 3.05) is 249 Å². The maximum absolute atomic E-state index is 14.2. The molecule has 2 N–H and O–H groups in total. The van der Waals surface area contributed by atoms with Crippen molar-refractivity contribution in [3.63, 3.8) is 0 Å². The molecule has 0 aliphatic carbocycles. The number of methoxy groups -OCH3 is 1. The van der Waals surface area contributed by atoms with Crippen LogP contribution in [0.1, 0.15) is 33.4 Å². The fourth-order valence-corrected chi connectivity index (χ4v) is 11.8. The number of nitrogens with one attached hydrogen (secondary N) is 2. The molecule has 0 saturated carbocycles. The van der Waals surface area contributed by atoms with Crippen LogP contribution in [0, 0.1) is 0 Å². The van der Waals surface area contributed by atoms with Gasteiger partial charge in [-0.2, -0.15) is 9.97 Å². The molecule has 0 spiro atoms. The van der Waals surface area contributed by atoms with Crippen LogP contribution in [0.15, 0.2) is 216 Å². The van der Waals surface area contributed by atoms with Gasteiger partial charge in [-0.15, -0.1) is 0 Å². The van der Waals surface area contributed by atoms with E-state index in [0.717, 1.165) is 33.4 Å². The van der Waals surface area contributed by atoms with Crippen LogP contribution in [0.5, 0.6) is 0 Å². The first-order valence-electron chi connectivity index (χ1n) is 38.5. The number of aromatic nitrogens is 4. The minimum absolute atomic E-state index is 0.0998. The van der Waals surface area contributed by atoms with Crippen molar-refractivity contribution >= 4 is 17.5 Å². The number of benzene rings is 6. The Bertz CT molecular complexity index is 3420. The monoisotopic (exact) mass is 1550 g/mol. The lowest BCUT2D eigenvalue weighted by molar-refractivity contribution is -0.137. The topological polar surface area (TPSA) is 271 Å². The second-order valence-corrected chi connectivity index (χ2v) is 25.1. The normalized spacial score (nSPS) is 11.7. The molecular formula is C85H113N7O20. The molecule has 6 aromatic carbocycles. The molecule has 27 heteroatoms. The second-order valence-electron chi connectivity index (χ2n) is 25.1. The van der Waals surface area contributed by atoms with E-state index in [-0.39, 0.29) is 51.9 Å². The third-order valence-electron chi connectivity index (χ3n) is 17.4. The largest absolute Gasteiger partial charge is 0.382 e. The Kier molecular flexibility index (Phi) is 44.4. The Labute approximate surface area is 657 Å². The van der Waals surface area contributed by atoms with Gasteiger partial charge >= 0.3 is 11.4 Å². The number of rotatable bonds is 66. The van der Waals surface area contributed by atoms with Crippen molar-refractivity contribution < 1.29 is 85.3 Å². The molecule has 1 amide bonds. The summed E-state index contributed by atoms with van der Waals surface area (Å²) in [5.41, 5.74) is 2.86. The van der Waals surface area contributed by atoms with Crippen LogP contribution in [-0.2, 0) is 109 Å². The van der Waals surface area contributed by atoms with Crippen molar-refractivity contribution in [3.05, 3.63) is 261 Å². The summed E-state index contributed by atoms with van der Waals surface area (Å²) in [6.07, 6.45) is 3.35. The van der Waals surface area contributed by atoms with Crippen LogP contribution in [0.2, 0.25) is 0 Å². The third kappa shape index (κ3) is 32.9. The van der Waals surface area contributed by atoms with Gasteiger partial charge in [-0.05, 0) is 45.5 Å². The summed E-state index contributed by atoms with van der Waals surface area (Å²) in [6, 6.07) is 63.9. The molecule has 0 atom stereocenters. The van der Waals surface area contributed by atoms with Crippen molar-refractivity contribution in [1.29, 1.82) is 0 Å². The summed E-state index contributed by atoms with van der Waals surface area (Å²) in [6.45, 7) is 14.4. The Morgan fingerprint density at radius 1 is 0.295 bits per heavy atom. The number of ether oxygens (including phenoxy) is 17. The minimum Gasteiger partial charge on any atom is -0.382 e. The molecule has 0 fully saturated rings. The fraction of sp³-hybridized carbons (Fsp3) is 0.471. The summed E-state index contributed by atoms with van der Waals surface area (Å²) in [5.74, 6) is 0.377. The van der Waals surface area contributed by atoms with E-state index in [4.69, 9.17) is 80.5 Å². The molecule has 2 heterocycles. The molecule has 8 aromatic rings. The first kappa shape index (κ1) is 89.0. The van der Waals surface area contributed by atoms with Gasteiger partial charge in [0.05, 0.1) is 211 Å². The fourth-order valence-electron chi connectivity index (χ4n) is 11.8. The lowest BCUT2D eigenvalue weighted by atomic mass is 9.77. The maximum Gasteiger partial charge on any atom is 0.349 e. The van der Waals surface area contributed by atoms with E-state index < -0.39 is 22.5 Å². The predicted octanol–water partition coefficient (Wildman–Crippen LogP) is 8.05. The van der Waals surface area contributed by atoms with Crippen molar-refractivity contribution in [1.82, 2.24) is 24.0 Å². The highest BCUT2D eigenvalue weighted by Gasteiger charge is 2.38. The van der Waals surface area contributed by atoms with Gasteiger partial charge in [0, 0.05) is 45.7 Å². The predicted molar refractivity (Wildman–Crippen MR) is 424 cm³/mol. The van der Waals surface area contributed by atoms with Crippen molar-refractivity contribution in [3.8, 4) is 0 Å². The van der Waals surface area contributed by atoms with Crippen LogP contribution < -0.4 is 22.0 Å². The SMILES string of the molecule is COCCOCCOCCOCCOCCOCCOCCOCCOCCOCCOCCOCCOCCOCCOCCOCCOCC(=O)N(CCn1ccc(NC(c2ccccc2)(c2ccccc2)c2ccccc2)nc1=O)CCn1ccc(NC(c2ccccc2)(c2ccccc2)c2ccccc2)nc1=O. The standard InChI is InChI=1S/C85H113N7O20/c1-96-40-41-97-42-43-98-44-45-99-46-47-100-48-49-101-50-51-102-52-53-103-54-55-104-56-57-105-58-59-106-60-61-107-62-63-108-64-65-109-66-67-110-68-69-111-70-71-112-72-81(93)90(36-38-91-34-32-79(86-82(91)94)88-84(73-20-8-2-9-21-73,74-22-10-3-11-23-74)75-24-12-4-13-25-75)37-39-92-35-33-80(87-83(92)95)89-85(76-26-14-5-15-27-76,77-28-16-6-17-29-77)78-30-18-7-19-31-78/h2-35H,36-72H2,1H3,(H,86,88,94)(H,87,89,95). The number of hydrogen-bond donors (Lipinski definition) is 2. The van der Waals surface area contributed by atoms with Gasteiger partial charge < -0.3 is 96.1 Å². The lowest BCUT2D eigenvalue weighted by Crippen LogP contribution is -2.42. The molecule has 0 aliphatic heterocycles. The molecule has 0 aliphatic rings. The number of amides is 1. The highest BCUT2D eigenvalue weighted by atomic mass is 16.6. The van der Waals surface area contributed by atoms with Crippen LogP contribution in [-0.4, -0.2) is 268 Å². The van der Waals surface area contributed by atoms with Crippen LogP contribution in [0.3, 0.4) is 0 Å². The summed E-state index contributed by atoms with van der Waals surface area (Å²) in [7, 11) is 1.64. The number of anilines is 2. The van der Waals surface area contributed by atoms with E-state index >= 15 is 0 Å². The van der Waals surface area contributed by atoms with E-state index in [9.17, 15) is 14.4 Å². The molecule has 0 saturated heterocycles. The van der Waals surface area contributed by atoms with Gasteiger partial charge in [0.25, 0.3) is 0 Å². The van der Waals surface area contributed by atoms with Crippen molar-refractivity contribution in [2.24, 2.45) is 0 Å². The van der Waals surface area contributed by atoms with E-state index in [2.05, 4.69) is 93.4 Å². The molecule has 27 nitrogen and oxygen atoms in total. The third-order valence-corrected chi connectivity index (χ3v) is 17.4. The minimum atomic E-state index is -0.916. The second kappa shape index (κ2) is 55.8. The van der Waals surface area contributed by atoms with E-state index in [0.29, 0.717) is 210 Å². The molecule has 8 rings (SSSR count). The molecule has 112 heavy (non-hydrogen) atoms. The molecule has 608 valence electrons. The number of carbonyl (C=O) groups is 1. The average Bonchev–Trinajstić information content (AvgIpc) is 0.757.